The molecule has 2 rings (SSSR count). The predicted molar refractivity (Wildman–Crippen MR) is 70.5 cm³/mol. The zero-order chi connectivity index (χ0) is 10.2. The Kier molecular flexibility index (Phi) is 3.07. The topological polar surface area (TPSA) is 12.0 Å². The normalized spacial score (nSPS) is 22.9. The van der Waals surface area contributed by atoms with Crippen molar-refractivity contribution in [3.8, 4) is 0 Å². The van der Waals surface area contributed by atoms with Crippen molar-refractivity contribution in [1.29, 1.82) is 0 Å². The van der Waals surface area contributed by atoms with E-state index in [1.807, 2.05) is 23.1 Å². The summed E-state index contributed by atoms with van der Waals surface area (Å²) < 4.78 is 1.63. The highest BCUT2D eigenvalue weighted by molar-refractivity contribution is 7.99. The minimum Gasteiger partial charge on any atom is -0.300 e. The van der Waals surface area contributed by atoms with E-state index in [1.165, 1.54) is 10.6 Å². The fourth-order valence-electron chi connectivity index (χ4n) is 1.51. The molecule has 1 aliphatic heterocycles. The molecule has 1 N–H and O–H groups in total. The smallest absolute Gasteiger partial charge is 0.0904 e. The van der Waals surface area contributed by atoms with Gasteiger partial charge in [0.15, 0.2) is 0 Å². The van der Waals surface area contributed by atoms with E-state index in [0.717, 1.165) is 6.54 Å². The van der Waals surface area contributed by atoms with Crippen LogP contribution in [0.25, 0.3) is 0 Å². The minimum atomic E-state index is -1.08. The molecule has 1 nitrogen and oxygen atoms in total. The van der Waals surface area contributed by atoms with Crippen LogP contribution in [-0.4, -0.2) is 20.4 Å². The van der Waals surface area contributed by atoms with Gasteiger partial charge in [-0.15, -0.1) is 23.1 Å². The zero-order valence-electron chi connectivity index (χ0n) is 8.96. The first-order chi connectivity index (χ1) is 6.57. The van der Waals surface area contributed by atoms with Crippen molar-refractivity contribution in [3.63, 3.8) is 0 Å². The van der Waals surface area contributed by atoms with Crippen LogP contribution in [0.4, 0.5) is 0 Å². The third-order valence-corrected chi connectivity index (χ3v) is 8.44. The number of hydrogen-bond donors (Lipinski definition) is 1. The Morgan fingerprint density at radius 1 is 1.36 bits per heavy atom. The second kappa shape index (κ2) is 4.00. The van der Waals surface area contributed by atoms with E-state index in [0.29, 0.717) is 5.37 Å². The molecule has 1 atom stereocenters. The average molecular weight is 243 g/mol. The third kappa shape index (κ3) is 2.24. The molecule has 1 aromatic rings. The lowest BCUT2D eigenvalue weighted by molar-refractivity contribution is 0.761. The first-order valence-corrected chi connectivity index (χ1v) is 10.4. The summed E-state index contributed by atoms with van der Waals surface area (Å²) in [6.45, 7) is 8.41. The molecule has 14 heavy (non-hydrogen) atoms. The molecule has 0 aliphatic carbocycles. The molecule has 0 radical (unpaired) electrons. The van der Waals surface area contributed by atoms with E-state index in [9.17, 15) is 0 Å². The molecule has 1 unspecified atom stereocenters. The molecule has 0 bridgehead atoms. The Bertz CT molecular complexity index is 310. The summed E-state index contributed by atoms with van der Waals surface area (Å²) in [6.07, 6.45) is 0. The van der Waals surface area contributed by atoms with Crippen LogP contribution < -0.4 is 9.82 Å². The van der Waals surface area contributed by atoms with Gasteiger partial charge in [0.05, 0.1) is 13.4 Å². The van der Waals surface area contributed by atoms with Crippen molar-refractivity contribution in [3.05, 3.63) is 17.0 Å². The molecule has 0 spiro atoms. The Morgan fingerprint density at radius 2 is 2.14 bits per heavy atom. The Hall–Kier alpha value is 0.227. The van der Waals surface area contributed by atoms with Crippen molar-refractivity contribution in [2.75, 3.05) is 12.3 Å². The van der Waals surface area contributed by atoms with Crippen LogP contribution in [0.1, 0.15) is 10.3 Å². The monoisotopic (exact) mass is 243 g/mol. The molecule has 2 heterocycles. The van der Waals surface area contributed by atoms with Crippen LogP contribution in [0.3, 0.4) is 0 Å². The largest absolute Gasteiger partial charge is 0.300 e. The predicted octanol–water partition coefficient (Wildman–Crippen LogP) is 2.63. The fraction of sp³-hybridized carbons (Fsp3) is 0.600. The van der Waals surface area contributed by atoms with Gasteiger partial charge in [0, 0.05) is 17.2 Å². The maximum Gasteiger partial charge on any atom is 0.0904 e. The molecule has 1 aromatic heterocycles. The average Bonchev–Trinajstić information content (AvgIpc) is 2.73. The molecule has 0 amide bonds. The maximum absolute atomic E-state index is 3.53. The van der Waals surface area contributed by atoms with Crippen molar-refractivity contribution >= 4 is 35.7 Å². The van der Waals surface area contributed by atoms with E-state index in [-0.39, 0.29) is 0 Å². The molecule has 1 aliphatic rings. The maximum atomic E-state index is 3.53. The van der Waals surface area contributed by atoms with Gasteiger partial charge < -0.3 is 5.32 Å². The third-order valence-electron chi connectivity index (χ3n) is 2.34. The Labute approximate surface area is 95.3 Å². The Balaban J connectivity index is 2.17. The fourth-order valence-corrected chi connectivity index (χ4v) is 5.68. The van der Waals surface area contributed by atoms with Gasteiger partial charge in [-0.05, 0) is 10.6 Å². The first kappa shape index (κ1) is 10.7. The summed E-state index contributed by atoms with van der Waals surface area (Å²) in [5.74, 6) is 1.25. The Morgan fingerprint density at radius 3 is 2.64 bits per heavy atom. The van der Waals surface area contributed by atoms with Gasteiger partial charge in [-0.3, -0.25) is 0 Å². The van der Waals surface area contributed by atoms with Gasteiger partial charge >= 0.3 is 0 Å². The van der Waals surface area contributed by atoms with Crippen LogP contribution in [0.2, 0.25) is 19.6 Å². The van der Waals surface area contributed by atoms with Crippen LogP contribution >= 0.6 is 23.1 Å². The quantitative estimate of drug-likeness (QED) is 0.802. The van der Waals surface area contributed by atoms with E-state index in [4.69, 9.17) is 0 Å². The highest BCUT2D eigenvalue weighted by atomic mass is 32.2. The van der Waals surface area contributed by atoms with Crippen LogP contribution in [0, 0.1) is 0 Å². The van der Waals surface area contributed by atoms with Crippen molar-refractivity contribution < 1.29 is 0 Å². The molecular weight excluding hydrogens is 226 g/mol. The first-order valence-electron chi connectivity index (χ1n) is 5.02. The summed E-state index contributed by atoms with van der Waals surface area (Å²) >= 11 is 4.05. The standard InChI is InChI=1S/C10H17NS2Si/c1-14(2,3)9-5-4-8(13-9)10-11-6-7-12-10/h4-5,10-11H,6-7H2,1-3H3. The van der Waals surface area contributed by atoms with E-state index in [2.05, 4.69) is 37.1 Å². The lowest BCUT2D eigenvalue weighted by atomic mass is 10.4. The van der Waals surface area contributed by atoms with Crippen molar-refractivity contribution in [1.82, 2.24) is 5.32 Å². The zero-order valence-corrected chi connectivity index (χ0v) is 11.6. The van der Waals surface area contributed by atoms with Gasteiger partial charge in [0.1, 0.15) is 0 Å². The number of rotatable bonds is 2. The summed E-state index contributed by atoms with van der Waals surface area (Å²) in [5, 5.41) is 4.10. The molecule has 0 saturated carbocycles. The van der Waals surface area contributed by atoms with Gasteiger partial charge in [-0.25, -0.2) is 0 Å². The van der Waals surface area contributed by atoms with Gasteiger partial charge in [-0.1, -0.05) is 25.7 Å². The highest BCUT2D eigenvalue weighted by Crippen LogP contribution is 2.32. The van der Waals surface area contributed by atoms with E-state index in [1.54, 1.807) is 4.50 Å². The molecule has 1 saturated heterocycles. The number of thiophene rings is 1. The second-order valence-electron chi connectivity index (χ2n) is 4.66. The van der Waals surface area contributed by atoms with Crippen LogP contribution in [0.15, 0.2) is 12.1 Å². The summed E-state index contributed by atoms with van der Waals surface area (Å²) in [6, 6.07) is 4.65. The highest BCUT2D eigenvalue weighted by Gasteiger charge is 2.23. The molecular formula is C10H17NS2Si. The summed E-state index contributed by atoms with van der Waals surface area (Å²) in [5.41, 5.74) is 0. The minimum absolute atomic E-state index is 0.574. The number of nitrogens with one attached hydrogen (secondary N) is 1. The number of thioether (sulfide) groups is 1. The van der Waals surface area contributed by atoms with Crippen molar-refractivity contribution in [2.45, 2.75) is 25.0 Å². The lowest BCUT2D eigenvalue weighted by Gasteiger charge is -2.13. The molecule has 4 heteroatoms. The number of hydrogen-bond acceptors (Lipinski definition) is 3. The van der Waals surface area contributed by atoms with E-state index < -0.39 is 8.07 Å². The van der Waals surface area contributed by atoms with E-state index >= 15 is 0 Å². The van der Waals surface area contributed by atoms with Gasteiger partial charge in [-0.2, -0.15) is 0 Å². The van der Waals surface area contributed by atoms with Gasteiger partial charge in [0.25, 0.3) is 0 Å². The van der Waals surface area contributed by atoms with Crippen LogP contribution in [-0.2, 0) is 0 Å². The molecule has 78 valence electrons. The molecule has 1 fully saturated rings. The molecule has 0 aromatic carbocycles. The summed E-state index contributed by atoms with van der Waals surface area (Å²) in [4.78, 5) is 1.52. The van der Waals surface area contributed by atoms with Crippen LogP contribution in [0.5, 0.6) is 0 Å². The van der Waals surface area contributed by atoms with Crippen molar-refractivity contribution in [2.24, 2.45) is 0 Å². The van der Waals surface area contributed by atoms with Gasteiger partial charge in [0.2, 0.25) is 0 Å². The lowest BCUT2D eigenvalue weighted by Crippen LogP contribution is -2.34. The summed E-state index contributed by atoms with van der Waals surface area (Å²) in [7, 11) is -1.08. The second-order valence-corrected chi connectivity index (χ2v) is 12.4. The SMILES string of the molecule is C[Si](C)(C)c1ccc(C2NCCS2)s1.